The number of nitrogens with zero attached hydrogens (tertiary/aromatic N) is 4. The first-order chi connectivity index (χ1) is 11.5. The van der Waals surface area contributed by atoms with Gasteiger partial charge in [0.1, 0.15) is 5.69 Å². The van der Waals surface area contributed by atoms with Crippen LogP contribution in [0.15, 0.2) is 34.2 Å². The van der Waals surface area contributed by atoms with Crippen LogP contribution in [0.4, 0.5) is 14.5 Å². The summed E-state index contributed by atoms with van der Waals surface area (Å²) in [5.41, 5.74) is 0.0573. The largest absolute Gasteiger partial charge is 0.362 e. The number of anilines is 1. The van der Waals surface area contributed by atoms with E-state index in [1.807, 2.05) is 0 Å². The van der Waals surface area contributed by atoms with Gasteiger partial charge in [-0.2, -0.15) is 5.10 Å². The van der Waals surface area contributed by atoms with Gasteiger partial charge in [0.15, 0.2) is 18.0 Å². The zero-order valence-corrected chi connectivity index (χ0v) is 12.2. The number of hydrogen-bond donors (Lipinski definition) is 2. The van der Waals surface area contributed by atoms with E-state index in [1.165, 1.54) is 27.9 Å². The molecule has 0 aliphatic carbocycles. The van der Waals surface area contributed by atoms with Crippen LogP contribution in [-0.2, 0) is 0 Å². The third-order valence-electron chi connectivity index (χ3n) is 3.96. The minimum atomic E-state index is -1.58. The van der Waals surface area contributed by atoms with E-state index in [4.69, 9.17) is 0 Å². The molecule has 2 atom stereocenters. The van der Waals surface area contributed by atoms with Gasteiger partial charge >= 0.3 is 5.69 Å². The van der Waals surface area contributed by atoms with Crippen LogP contribution < -0.4 is 16.1 Å². The maximum atomic E-state index is 13.6. The zero-order valence-electron chi connectivity index (χ0n) is 12.2. The number of aromatic amines is 2. The van der Waals surface area contributed by atoms with Gasteiger partial charge < -0.3 is 9.88 Å². The highest BCUT2D eigenvalue weighted by molar-refractivity contribution is 5.74. The maximum Gasteiger partial charge on any atom is 0.325 e. The summed E-state index contributed by atoms with van der Waals surface area (Å²) >= 11 is 0. The fraction of sp³-hybridized carbons (Fsp3) is 0.286. The van der Waals surface area contributed by atoms with Gasteiger partial charge in [-0.05, 0) is 6.07 Å². The highest BCUT2D eigenvalue weighted by Gasteiger charge is 2.34. The van der Waals surface area contributed by atoms with Crippen molar-refractivity contribution in [3.8, 4) is 11.3 Å². The molecule has 1 saturated heterocycles. The Morgan fingerprint density at radius 1 is 1.21 bits per heavy atom. The van der Waals surface area contributed by atoms with Gasteiger partial charge in [-0.1, -0.05) is 0 Å². The molecule has 8 nitrogen and oxygen atoms in total. The van der Waals surface area contributed by atoms with Crippen molar-refractivity contribution in [2.45, 2.75) is 12.3 Å². The molecule has 4 rings (SSSR count). The molecule has 0 bridgehead atoms. The molecular formula is C14H12F2N6O2. The molecule has 124 valence electrons. The molecule has 10 heteroatoms. The van der Waals surface area contributed by atoms with Gasteiger partial charge in [-0.25, -0.2) is 23.1 Å². The van der Waals surface area contributed by atoms with Crippen LogP contribution in [0.2, 0.25) is 0 Å². The van der Waals surface area contributed by atoms with E-state index in [2.05, 4.69) is 20.1 Å². The van der Waals surface area contributed by atoms with Crippen LogP contribution in [0.25, 0.3) is 16.9 Å². The Bertz CT molecular complexity index is 1020. The standard InChI is InChI=1S/C14H12F2N6O2/c15-8-5-21(6-9(8)16)11-3-10(20-22-2-1-17-12(11)22)7-4-18-14(24)19-13(7)23/h1-4,8-9H,5-6H2,(H2,18,19,23,24). The molecule has 1 aliphatic rings. The SMILES string of the molecule is O=c1[nH]cc(-c2cc(N3CC(F)C(F)C3)c3nccn3n2)c(=O)[nH]1. The van der Waals surface area contributed by atoms with E-state index in [9.17, 15) is 18.4 Å². The predicted octanol–water partition coefficient (Wildman–Crippen LogP) is 0.269. The second-order valence-corrected chi connectivity index (χ2v) is 5.53. The fourth-order valence-electron chi connectivity index (χ4n) is 2.79. The molecule has 2 N–H and O–H groups in total. The summed E-state index contributed by atoms with van der Waals surface area (Å²) in [6.07, 6.45) is 1.16. The topological polar surface area (TPSA) is 99.2 Å². The Morgan fingerprint density at radius 3 is 2.67 bits per heavy atom. The normalized spacial score (nSPS) is 20.8. The number of rotatable bonds is 2. The lowest BCUT2D eigenvalue weighted by Crippen LogP contribution is -2.24. The first-order valence-electron chi connectivity index (χ1n) is 7.23. The minimum Gasteiger partial charge on any atom is -0.362 e. The van der Waals surface area contributed by atoms with Crippen molar-refractivity contribution in [2.24, 2.45) is 0 Å². The summed E-state index contributed by atoms with van der Waals surface area (Å²) in [7, 11) is 0. The van der Waals surface area contributed by atoms with E-state index in [0.717, 1.165) is 0 Å². The Kier molecular flexibility index (Phi) is 3.18. The van der Waals surface area contributed by atoms with Crippen molar-refractivity contribution in [2.75, 3.05) is 18.0 Å². The highest BCUT2D eigenvalue weighted by Crippen LogP contribution is 2.29. The second-order valence-electron chi connectivity index (χ2n) is 5.53. The third kappa shape index (κ3) is 2.27. The average Bonchev–Trinajstić information content (AvgIpc) is 3.13. The van der Waals surface area contributed by atoms with Crippen LogP contribution >= 0.6 is 0 Å². The Balaban J connectivity index is 1.89. The Morgan fingerprint density at radius 2 is 1.96 bits per heavy atom. The fourth-order valence-corrected chi connectivity index (χ4v) is 2.79. The summed E-state index contributed by atoms with van der Waals surface area (Å²) in [5, 5.41) is 4.26. The molecule has 0 amide bonds. The van der Waals surface area contributed by atoms with Crippen molar-refractivity contribution in [3.05, 3.63) is 45.5 Å². The van der Waals surface area contributed by atoms with Gasteiger partial charge in [-0.15, -0.1) is 0 Å². The number of halogens is 2. The molecule has 2 unspecified atom stereocenters. The minimum absolute atomic E-state index is 0.102. The number of H-pyrrole nitrogens is 2. The molecule has 3 aromatic heterocycles. The summed E-state index contributed by atoms with van der Waals surface area (Å²) < 4.78 is 28.5. The predicted molar refractivity (Wildman–Crippen MR) is 81.7 cm³/mol. The van der Waals surface area contributed by atoms with Gasteiger partial charge in [0.25, 0.3) is 5.56 Å². The van der Waals surface area contributed by atoms with Gasteiger partial charge in [0.05, 0.1) is 24.3 Å². The van der Waals surface area contributed by atoms with E-state index in [-0.39, 0.29) is 24.3 Å². The van der Waals surface area contributed by atoms with Crippen LogP contribution in [-0.4, -0.2) is 50.0 Å². The number of aromatic nitrogens is 5. The lowest BCUT2D eigenvalue weighted by molar-refractivity contribution is 0.217. The van der Waals surface area contributed by atoms with E-state index in [1.54, 1.807) is 6.20 Å². The van der Waals surface area contributed by atoms with E-state index >= 15 is 0 Å². The second kappa shape index (κ2) is 5.25. The molecule has 1 aliphatic heterocycles. The smallest absolute Gasteiger partial charge is 0.325 e. The van der Waals surface area contributed by atoms with Crippen LogP contribution in [0.5, 0.6) is 0 Å². The molecule has 0 spiro atoms. The van der Waals surface area contributed by atoms with Crippen molar-refractivity contribution >= 4 is 11.3 Å². The highest BCUT2D eigenvalue weighted by atomic mass is 19.2. The number of hydrogen-bond acceptors (Lipinski definition) is 5. The van der Waals surface area contributed by atoms with Crippen molar-refractivity contribution in [3.63, 3.8) is 0 Å². The zero-order chi connectivity index (χ0) is 16.8. The quantitative estimate of drug-likeness (QED) is 0.701. The van der Waals surface area contributed by atoms with Crippen LogP contribution in [0.1, 0.15) is 0 Å². The van der Waals surface area contributed by atoms with E-state index < -0.39 is 23.6 Å². The number of nitrogens with one attached hydrogen (secondary N) is 2. The number of fused-ring (bicyclic) bond motifs is 1. The van der Waals surface area contributed by atoms with Gasteiger partial charge in [-0.3, -0.25) is 9.78 Å². The molecule has 0 radical (unpaired) electrons. The summed E-state index contributed by atoms with van der Waals surface area (Å²) in [4.78, 5) is 33.3. The molecular weight excluding hydrogens is 322 g/mol. The van der Waals surface area contributed by atoms with Crippen LogP contribution in [0, 0.1) is 0 Å². The summed E-state index contributed by atoms with van der Waals surface area (Å²) in [5.74, 6) is 0. The molecule has 1 fully saturated rings. The van der Waals surface area contributed by atoms with Crippen molar-refractivity contribution in [1.82, 2.24) is 24.6 Å². The number of alkyl halides is 2. The molecule has 3 aromatic rings. The first kappa shape index (κ1) is 14.5. The summed E-state index contributed by atoms with van der Waals surface area (Å²) in [6.45, 7) is -0.204. The van der Waals surface area contributed by atoms with Gasteiger partial charge in [0.2, 0.25) is 0 Å². The molecule has 0 aromatic carbocycles. The molecule has 24 heavy (non-hydrogen) atoms. The average molecular weight is 334 g/mol. The lowest BCUT2D eigenvalue weighted by atomic mass is 10.2. The van der Waals surface area contributed by atoms with Crippen molar-refractivity contribution < 1.29 is 8.78 Å². The Labute approximate surface area is 132 Å². The van der Waals surface area contributed by atoms with Crippen molar-refractivity contribution in [1.29, 1.82) is 0 Å². The molecule has 0 saturated carbocycles. The van der Waals surface area contributed by atoms with E-state index in [0.29, 0.717) is 11.3 Å². The maximum absolute atomic E-state index is 13.6. The molecule has 4 heterocycles. The van der Waals surface area contributed by atoms with Crippen LogP contribution in [0.3, 0.4) is 0 Å². The summed E-state index contributed by atoms with van der Waals surface area (Å²) in [6, 6.07) is 1.54. The Hall–Kier alpha value is -3.04. The van der Waals surface area contributed by atoms with Gasteiger partial charge in [0, 0.05) is 18.6 Å². The number of imidazole rings is 1. The first-order valence-corrected chi connectivity index (χ1v) is 7.23. The lowest BCUT2D eigenvalue weighted by Gasteiger charge is -2.18. The third-order valence-corrected chi connectivity index (χ3v) is 3.96. The monoisotopic (exact) mass is 334 g/mol.